The van der Waals surface area contributed by atoms with Gasteiger partial charge in [-0.15, -0.1) is 0 Å². The molecule has 1 saturated heterocycles. The van der Waals surface area contributed by atoms with Gasteiger partial charge in [-0.25, -0.2) is 0 Å². The first-order valence-electron chi connectivity index (χ1n) is 12.3. The van der Waals surface area contributed by atoms with Gasteiger partial charge < -0.3 is 4.74 Å². The number of ether oxygens (including phenoxy) is 1. The summed E-state index contributed by atoms with van der Waals surface area (Å²) in [5.74, 6) is 0.157. The summed E-state index contributed by atoms with van der Waals surface area (Å²) in [5.41, 5.74) is 2.53. The van der Waals surface area contributed by atoms with Crippen molar-refractivity contribution in [2.75, 3.05) is 0 Å². The lowest BCUT2D eigenvalue weighted by atomic mass is 9.70. The second kappa shape index (κ2) is 11.5. The Hall–Kier alpha value is -1.83. The largest absolute Gasteiger partial charge is 0.461 e. The zero-order valence-electron chi connectivity index (χ0n) is 19.1. The molecule has 2 aliphatic rings. The molecule has 1 aromatic rings. The number of hydrogen-bond acceptors (Lipinski definition) is 2. The van der Waals surface area contributed by atoms with Gasteiger partial charge >= 0.3 is 5.97 Å². The van der Waals surface area contributed by atoms with E-state index in [1.807, 2.05) is 0 Å². The third-order valence-electron chi connectivity index (χ3n) is 7.04. The van der Waals surface area contributed by atoms with E-state index in [2.05, 4.69) is 62.4 Å². The Morgan fingerprint density at radius 2 is 1.70 bits per heavy atom. The Morgan fingerprint density at radius 3 is 2.40 bits per heavy atom. The predicted molar refractivity (Wildman–Crippen MR) is 126 cm³/mol. The highest BCUT2D eigenvalue weighted by molar-refractivity contribution is 5.76. The van der Waals surface area contributed by atoms with Gasteiger partial charge in [0, 0.05) is 5.41 Å². The van der Waals surface area contributed by atoms with Crippen LogP contribution in [0.4, 0.5) is 0 Å². The first-order chi connectivity index (χ1) is 14.7. The van der Waals surface area contributed by atoms with Crippen molar-refractivity contribution in [3.05, 3.63) is 54.1 Å². The number of rotatable bonds is 12. The van der Waals surface area contributed by atoms with Crippen LogP contribution in [0, 0.1) is 11.3 Å². The molecule has 1 aliphatic heterocycles. The average molecular weight is 409 g/mol. The van der Waals surface area contributed by atoms with Gasteiger partial charge in [0.1, 0.15) is 6.10 Å². The van der Waals surface area contributed by atoms with Crippen LogP contribution in [0.25, 0.3) is 5.57 Å². The predicted octanol–water partition coefficient (Wildman–Crippen LogP) is 7.89. The van der Waals surface area contributed by atoms with Gasteiger partial charge in [-0.05, 0) is 36.8 Å². The van der Waals surface area contributed by atoms with Crippen molar-refractivity contribution in [2.24, 2.45) is 11.3 Å². The molecule has 3 atom stereocenters. The fourth-order valence-corrected chi connectivity index (χ4v) is 5.05. The van der Waals surface area contributed by atoms with E-state index in [1.165, 1.54) is 56.1 Å². The number of cyclic esters (lactones) is 1. The van der Waals surface area contributed by atoms with Crippen LogP contribution in [-0.4, -0.2) is 12.1 Å². The van der Waals surface area contributed by atoms with E-state index in [1.54, 1.807) is 0 Å². The third kappa shape index (κ3) is 5.86. The molecule has 0 saturated carbocycles. The van der Waals surface area contributed by atoms with Crippen LogP contribution in [0.1, 0.15) is 96.5 Å². The number of hydrogen-bond donors (Lipinski definition) is 0. The van der Waals surface area contributed by atoms with Crippen LogP contribution in [0.3, 0.4) is 0 Å². The summed E-state index contributed by atoms with van der Waals surface area (Å²) in [6, 6.07) is 10.6. The Morgan fingerprint density at radius 1 is 0.967 bits per heavy atom. The molecule has 0 radical (unpaired) electrons. The second-order valence-electron chi connectivity index (χ2n) is 9.31. The summed E-state index contributed by atoms with van der Waals surface area (Å²) < 4.78 is 6.05. The molecule has 2 nitrogen and oxygen atoms in total. The minimum atomic E-state index is -0.0277. The van der Waals surface area contributed by atoms with Gasteiger partial charge in [0.05, 0.1) is 5.92 Å². The molecule has 2 heteroatoms. The zero-order valence-corrected chi connectivity index (χ0v) is 19.1. The number of carbonyl (C=O) groups excluding carboxylic acids is 1. The number of unbranched alkanes of at least 4 members (excludes halogenated alkanes) is 6. The minimum absolute atomic E-state index is 0.0277. The first-order valence-corrected chi connectivity index (χ1v) is 12.3. The summed E-state index contributed by atoms with van der Waals surface area (Å²) in [6.07, 6.45) is 21.0. The highest BCUT2D eigenvalue weighted by atomic mass is 16.6. The van der Waals surface area contributed by atoms with E-state index in [0.29, 0.717) is 0 Å². The second-order valence-corrected chi connectivity index (χ2v) is 9.31. The Labute approximate surface area is 183 Å². The molecule has 1 fully saturated rings. The molecule has 0 bridgehead atoms. The molecule has 1 aromatic carbocycles. The molecule has 164 valence electrons. The van der Waals surface area contributed by atoms with E-state index in [9.17, 15) is 4.79 Å². The number of allylic oxidation sites excluding steroid dienone is 3. The molecule has 3 unspecified atom stereocenters. The molecule has 1 heterocycles. The third-order valence-corrected chi connectivity index (χ3v) is 7.04. The van der Waals surface area contributed by atoms with Crippen LogP contribution in [0.5, 0.6) is 0 Å². The van der Waals surface area contributed by atoms with Crippen molar-refractivity contribution in [2.45, 2.75) is 97.0 Å². The first kappa shape index (κ1) is 22.8. The van der Waals surface area contributed by atoms with Gasteiger partial charge in [0.2, 0.25) is 0 Å². The normalized spacial score (nSPS) is 25.9. The quantitative estimate of drug-likeness (QED) is 0.259. The number of esters is 1. The van der Waals surface area contributed by atoms with Crippen LogP contribution < -0.4 is 0 Å². The Bertz CT molecular complexity index is 717. The molecular weight excluding hydrogens is 368 g/mol. The summed E-state index contributed by atoms with van der Waals surface area (Å²) in [5, 5.41) is 0. The zero-order chi connectivity index (χ0) is 21.2. The Kier molecular flexibility index (Phi) is 8.78. The van der Waals surface area contributed by atoms with E-state index in [4.69, 9.17) is 4.74 Å². The fraction of sp³-hybridized carbons (Fsp3) is 0.607. The van der Waals surface area contributed by atoms with Crippen molar-refractivity contribution in [1.82, 2.24) is 0 Å². The Balaban J connectivity index is 1.65. The van der Waals surface area contributed by atoms with Crippen LogP contribution in [-0.2, 0) is 9.53 Å². The molecule has 3 rings (SSSR count). The molecule has 0 aromatic heterocycles. The number of carbonyl (C=O) groups is 1. The van der Waals surface area contributed by atoms with Crippen LogP contribution >= 0.6 is 0 Å². The van der Waals surface area contributed by atoms with Gasteiger partial charge in [-0.3, -0.25) is 4.79 Å². The molecule has 0 amide bonds. The smallest absolute Gasteiger partial charge is 0.309 e. The van der Waals surface area contributed by atoms with E-state index < -0.39 is 0 Å². The molecule has 0 spiro atoms. The molecule has 1 aliphatic carbocycles. The van der Waals surface area contributed by atoms with Gasteiger partial charge in [-0.2, -0.15) is 0 Å². The highest BCUT2D eigenvalue weighted by Crippen LogP contribution is 2.46. The highest BCUT2D eigenvalue weighted by Gasteiger charge is 2.46. The molecule has 30 heavy (non-hydrogen) atoms. The summed E-state index contributed by atoms with van der Waals surface area (Å²) in [4.78, 5) is 12.6. The van der Waals surface area contributed by atoms with Crippen molar-refractivity contribution in [3.63, 3.8) is 0 Å². The lowest BCUT2D eigenvalue weighted by Gasteiger charge is -2.37. The van der Waals surface area contributed by atoms with Crippen molar-refractivity contribution in [1.29, 1.82) is 0 Å². The van der Waals surface area contributed by atoms with E-state index in [-0.39, 0.29) is 23.4 Å². The summed E-state index contributed by atoms with van der Waals surface area (Å²) in [7, 11) is 0. The van der Waals surface area contributed by atoms with Crippen LogP contribution in [0.2, 0.25) is 0 Å². The molecule has 0 N–H and O–H groups in total. The minimum Gasteiger partial charge on any atom is -0.461 e. The van der Waals surface area contributed by atoms with Crippen molar-refractivity contribution in [3.8, 4) is 0 Å². The van der Waals surface area contributed by atoms with Crippen LogP contribution in [0.15, 0.2) is 48.6 Å². The topological polar surface area (TPSA) is 26.3 Å². The maximum atomic E-state index is 12.6. The SMILES string of the molecule is CCCCCCCC1CC(C2(CCCCC)C=CC(c3ccccc3)=CC2)OC1=O. The van der Waals surface area contributed by atoms with Crippen molar-refractivity contribution < 1.29 is 9.53 Å². The maximum absolute atomic E-state index is 12.6. The number of benzene rings is 1. The lowest BCUT2D eigenvalue weighted by molar-refractivity contribution is -0.147. The van der Waals surface area contributed by atoms with Crippen molar-refractivity contribution >= 4 is 11.5 Å². The van der Waals surface area contributed by atoms with Gasteiger partial charge in [0.15, 0.2) is 0 Å². The van der Waals surface area contributed by atoms with Gasteiger partial charge in [0.25, 0.3) is 0 Å². The summed E-state index contributed by atoms with van der Waals surface area (Å²) in [6.45, 7) is 4.49. The lowest BCUT2D eigenvalue weighted by Crippen LogP contribution is -2.34. The monoisotopic (exact) mass is 408 g/mol. The average Bonchev–Trinajstić information content (AvgIpc) is 3.16. The standard InChI is InChI=1S/C28H40O2/c1-3-5-7-8-10-16-25-22-26(30-27(25)29)28(19-13-6-4-2)20-17-24(18-21-28)23-14-11-9-12-15-23/h9,11-12,14-15,17-18,20,25-26H,3-8,10,13,16,19,21-22H2,1-2H3. The maximum Gasteiger partial charge on any atom is 0.309 e. The summed E-state index contributed by atoms with van der Waals surface area (Å²) >= 11 is 0. The van der Waals surface area contributed by atoms with E-state index in [0.717, 1.165) is 32.1 Å². The van der Waals surface area contributed by atoms with E-state index >= 15 is 0 Å². The fourth-order valence-electron chi connectivity index (χ4n) is 5.05. The van der Waals surface area contributed by atoms with Gasteiger partial charge in [-0.1, -0.05) is 114 Å². The molecular formula is C28H40O2.